The Labute approximate surface area is 87.6 Å². The highest BCUT2D eigenvalue weighted by molar-refractivity contribution is 5.71. The van der Waals surface area contributed by atoms with E-state index >= 15 is 0 Å². The normalized spacial score (nSPS) is 11.7. The number of hydrogen-bond donors (Lipinski definition) is 1. The summed E-state index contributed by atoms with van der Waals surface area (Å²) in [4.78, 5) is 11.0. The average molecular weight is 208 g/mol. The second kappa shape index (κ2) is 5.83. The second-order valence-corrected chi connectivity index (χ2v) is 2.76. The number of esters is 1. The third-order valence-electron chi connectivity index (χ3n) is 1.71. The van der Waals surface area contributed by atoms with E-state index in [4.69, 9.17) is 14.4 Å². The lowest BCUT2D eigenvalue weighted by Crippen LogP contribution is -2.27. The molecule has 0 aromatic carbocycles. The summed E-state index contributed by atoms with van der Waals surface area (Å²) in [5, 5.41) is 11.5. The van der Waals surface area contributed by atoms with Gasteiger partial charge in [-0.3, -0.25) is 10.1 Å². The molecule has 1 heterocycles. The Morgan fingerprint density at radius 2 is 2.60 bits per heavy atom. The molecule has 0 saturated carbocycles. The van der Waals surface area contributed by atoms with Crippen molar-refractivity contribution < 1.29 is 13.9 Å². The molecule has 1 aromatic rings. The molecule has 0 aliphatic heterocycles. The number of carbonyl (C=O) groups is 1. The van der Waals surface area contributed by atoms with Crippen LogP contribution >= 0.6 is 0 Å². The Bertz CT molecular complexity index is 340. The van der Waals surface area contributed by atoms with Gasteiger partial charge in [0.2, 0.25) is 0 Å². The molecule has 0 bridgehead atoms. The zero-order valence-corrected chi connectivity index (χ0v) is 8.40. The predicted octanol–water partition coefficient (Wildman–Crippen LogP) is 0.997. The minimum atomic E-state index is -0.621. The quantitative estimate of drug-likeness (QED) is 0.730. The molecule has 0 aliphatic carbocycles. The average Bonchev–Trinajstić information content (AvgIpc) is 2.72. The van der Waals surface area contributed by atoms with Crippen LogP contribution in [-0.2, 0) is 9.53 Å². The minimum absolute atomic E-state index is 0.00718. The maximum atomic E-state index is 11.0. The molecule has 80 valence electrons. The van der Waals surface area contributed by atoms with Crippen LogP contribution in [0, 0.1) is 11.3 Å². The molecule has 1 atom stereocenters. The molecular formula is C10H12N2O3. The van der Waals surface area contributed by atoms with Crippen molar-refractivity contribution in [3.63, 3.8) is 0 Å². The standard InChI is InChI=1S/C10H12N2O3/c1-2-14-10(13)7-12-8(6-11)9-4-3-5-15-9/h3-5,8,12H,2,7H2,1H3. The molecule has 5 heteroatoms. The largest absolute Gasteiger partial charge is 0.467 e. The van der Waals surface area contributed by atoms with E-state index in [9.17, 15) is 4.79 Å². The molecule has 0 saturated heterocycles. The Morgan fingerprint density at radius 3 is 3.13 bits per heavy atom. The van der Waals surface area contributed by atoms with Crippen LogP contribution in [0.25, 0.3) is 0 Å². The van der Waals surface area contributed by atoms with Crippen molar-refractivity contribution in [2.24, 2.45) is 0 Å². The van der Waals surface area contributed by atoms with Crippen LogP contribution in [-0.4, -0.2) is 19.1 Å². The zero-order valence-electron chi connectivity index (χ0n) is 8.40. The highest BCUT2D eigenvalue weighted by atomic mass is 16.5. The minimum Gasteiger partial charge on any atom is -0.467 e. The first-order valence-electron chi connectivity index (χ1n) is 4.60. The molecule has 15 heavy (non-hydrogen) atoms. The van der Waals surface area contributed by atoms with E-state index in [0.717, 1.165) is 0 Å². The molecule has 5 nitrogen and oxygen atoms in total. The zero-order chi connectivity index (χ0) is 11.1. The summed E-state index contributed by atoms with van der Waals surface area (Å²) in [6.45, 7) is 2.05. The Morgan fingerprint density at radius 1 is 1.80 bits per heavy atom. The van der Waals surface area contributed by atoms with E-state index in [1.54, 1.807) is 19.1 Å². The molecule has 0 aliphatic rings. The van der Waals surface area contributed by atoms with Gasteiger partial charge in [0.25, 0.3) is 0 Å². The van der Waals surface area contributed by atoms with Gasteiger partial charge in [-0.1, -0.05) is 0 Å². The van der Waals surface area contributed by atoms with Crippen molar-refractivity contribution in [2.75, 3.05) is 13.2 Å². The molecule has 1 unspecified atom stereocenters. The van der Waals surface area contributed by atoms with Crippen LogP contribution in [0.5, 0.6) is 0 Å². The number of nitriles is 1. The van der Waals surface area contributed by atoms with Crippen LogP contribution in [0.15, 0.2) is 22.8 Å². The van der Waals surface area contributed by atoms with Crippen LogP contribution in [0.4, 0.5) is 0 Å². The maximum Gasteiger partial charge on any atom is 0.319 e. The van der Waals surface area contributed by atoms with Gasteiger partial charge in [0, 0.05) is 0 Å². The highest BCUT2D eigenvalue weighted by Crippen LogP contribution is 2.11. The van der Waals surface area contributed by atoms with E-state index < -0.39 is 6.04 Å². The molecule has 1 aromatic heterocycles. The summed E-state index contributed by atoms with van der Waals surface area (Å²) in [6, 6.07) is 4.73. The van der Waals surface area contributed by atoms with Gasteiger partial charge in [0.15, 0.2) is 6.04 Å². The van der Waals surface area contributed by atoms with Crippen LogP contribution < -0.4 is 5.32 Å². The number of nitrogens with one attached hydrogen (secondary N) is 1. The number of ether oxygens (including phenoxy) is 1. The molecule has 0 fully saturated rings. The lowest BCUT2D eigenvalue weighted by atomic mass is 10.2. The predicted molar refractivity (Wildman–Crippen MR) is 51.7 cm³/mol. The van der Waals surface area contributed by atoms with Crippen molar-refractivity contribution >= 4 is 5.97 Å². The van der Waals surface area contributed by atoms with Crippen LogP contribution in [0.1, 0.15) is 18.7 Å². The number of furan rings is 1. The number of hydrogen-bond acceptors (Lipinski definition) is 5. The molecule has 1 rings (SSSR count). The van der Waals surface area contributed by atoms with Crippen molar-refractivity contribution in [1.82, 2.24) is 5.32 Å². The van der Waals surface area contributed by atoms with Crippen molar-refractivity contribution in [3.8, 4) is 6.07 Å². The summed E-state index contributed by atoms with van der Waals surface area (Å²) < 4.78 is 9.75. The summed E-state index contributed by atoms with van der Waals surface area (Å²) in [5.74, 6) is 0.103. The Hall–Kier alpha value is -1.80. The first-order chi connectivity index (χ1) is 7.27. The van der Waals surface area contributed by atoms with Gasteiger partial charge in [0.05, 0.1) is 25.5 Å². The van der Waals surface area contributed by atoms with Crippen molar-refractivity contribution in [2.45, 2.75) is 13.0 Å². The summed E-state index contributed by atoms with van der Waals surface area (Å²) in [5.41, 5.74) is 0. The second-order valence-electron chi connectivity index (χ2n) is 2.76. The topological polar surface area (TPSA) is 75.3 Å². The van der Waals surface area contributed by atoms with Crippen molar-refractivity contribution in [1.29, 1.82) is 5.26 Å². The number of nitrogens with zero attached hydrogens (tertiary/aromatic N) is 1. The first kappa shape index (κ1) is 11.3. The van der Waals surface area contributed by atoms with E-state index in [0.29, 0.717) is 12.4 Å². The van der Waals surface area contributed by atoms with Gasteiger partial charge >= 0.3 is 5.97 Å². The van der Waals surface area contributed by atoms with E-state index in [1.165, 1.54) is 6.26 Å². The Kier molecular flexibility index (Phi) is 4.38. The fraction of sp³-hybridized carbons (Fsp3) is 0.400. The number of carbonyl (C=O) groups excluding carboxylic acids is 1. The fourth-order valence-corrected chi connectivity index (χ4v) is 1.06. The third kappa shape index (κ3) is 3.44. The van der Waals surface area contributed by atoms with Crippen LogP contribution in [0.2, 0.25) is 0 Å². The van der Waals surface area contributed by atoms with Gasteiger partial charge in [-0.05, 0) is 19.1 Å². The fourth-order valence-electron chi connectivity index (χ4n) is 1.06. The molecular weight excluding hydrogens is 196 g/mol. The molecule has 0 radical (unpaired) electrons. The summed E-state index contributed by atoms with van der Waals surface area (Å²) in [7, 11) is 0. The molecule has 0 amide bonds. The van der Waals surface area contributed by atoms with Gasteiger partial charge in [-0.2, -0.15) is 5.26 Å². The number of rotatable bonds is 5. The summed E-state index contributed by atoms with van der Waals surface area (Å²) >= 11 is 0. The van der Waals surface area contributed by atoms with Crippen molar-refractivity contribution in [3.05, 3.63) is 24.2 Å². The monoisotopic (exact) mass is 208 g/mol. The highest BCUT2D eigenvalue weighted by Gasteiger charge is 2.14. The SMILES string of the molecule is CCOC(=O)CNC(C#N)c1ccco1. The Balaban J connectivity index is 2.43. The lowest BCUT2D eigenvalue weighted by molar-refractivity contribution is -0.142. The van der Waals surface area contributed by atoms with Gasteiger partial charge in [-0.15, -0.1) is 0 Å². The van der Waals surface area contributed by atoms with Gasteiger partial charge < -0.3 is 9.15 Å². The van der Waals surface area contributed by atoms with E-state index in [-0.39, 0.29) is 12.5 Å². The third-order valence-corrected chi connectivity index (χ3v) is 1.71. The van der Waals surface area contributed by atoms with E-state index in [1.807, 2.05) is 6.07 Å². The van der Waals surface area contributed by atoms with Gasteiger partial charge in [0.1, 0.15) is 5.76 Å². The maximum absolute atomic E-state index is 11.0. The molecule has 0 spiro atoms. The smallest absolute Gasteiger partial charge is 0.319 e. The lowest BCUT2D eigenvalue weighted by Gasteiger charge is -2.07. The molecule has 1 N–H and O–H groups in total. The first-order valence-corrected chi connectivity index (χ1v) is 4.60. The van der Waals surface area contributed by atoms with Crippen LogP contribution in [0.3, 0.4) is 0 Å². The van der Waals surface area contributed by atoms with Gasteiger partial charge in [-0.25, -0.2) is 0 Å². The van der Waals surface area contributed by atoms with E-state index in [2.05, 4.69) is 5.32 Å². The summed E-state index contributed by atoms with van der Waals surface area (Å²) in [6.07, 6.45) is 1.48.